The van der Waals surface area contributed by atoms with E-state index in [2.05, 4.69) is 56.1 Å². The van der Waals surface area contributed by atoms with Crippen molar-refractivity contribution in [3.8, 4) is 11.8 Å². The van der Waals surface area contributed by atoms with Crippen LogP contribution in [0, 0.1) is 79.3 Å². The lowest BCUT2D eigenvalue weighted by atomic mass is 9.29. The van der Waals surface area contributed by atoms with Crippen molar-refractivity contribution in [2.45, 2.75) is 161 Å². The predicted molar refractivity (Wildman–Crippen MR) is 235 cm³/mol. The number of aldehydes is 1. The molecule has 330 valence electrons. The Balaban J connectivity index is 1.22. The largest absolute Gasteiger partial charge is 0.394 e. The van der Waals surface area contributed by atoms with Crippen LogP contribution in [0.25, 0.3) is 12.2 Å². The Labute approximate surface area is 362 Å². The van der Waals surface area contributed by atoms with Gasteiger partial charge in [-0.2, -0.15) is 0 Å². The lowest BCUT2D eigenvalue weighted by Crippen LogP contribution is -2.74. The number of hydrogen-bond donors (Lipinski definition) is 6. The van der Waals surface area contributed by atoms with E-state index in [1.807, 2.05) is 19.1 Å². The Morgan fingerprint density at radius 1 is 0.934 bits per heavy atom. The molecule has 0 radical (unpaired) electrons. The normalized spacial score (nSPS) is 46.7. The molecule has 15 unspecified atom stereocenters. The van der Waals surface area contributed by atoms with Gasteiger partial charge in [-0.25, -0.2) is 0 Å². The van der Waals surface area contributed by atoms with Crippen LogP contribution in [-0.4, -0.2) is 75.2 Å². The third kappa shape index (κ3) is 5.29. The zero-order valence-corrected chi connectivity index (χ0v) is 37.1. The SMILES string of the molecule is CCCNCc1ccc(C=O)c2c1=CC1C(C=2)CCC23CCC4C(C)(C(O)CO)C(O)CCC14C2C(=O)C=C1C2CC4(C)CCC#CC(O)C2(C(O)CC13C)C1(CCCC1)C4. The molecule has 3 spiro atoms. The van der Waals surface area contributed by atoms with Crippen molar-refractivity contribution in [1.82, 2.24) is 5.32 Å². The Hall–Kier alpha value is -2.64. The second-order valence-corrected chi connectivity index (χ2v) is 22.9. The van der Waals surface area contributed by atoms with Gasteiger partial charge in [0, 0.05) is 35.3 Å². The average Bonchev–Trinajstić information content (AvgIpc) is 3.70. The zero-order chi connectivity index (χ0) is 43.0. The van der Waals surface area contributed by atoms with Gasteiger partial charge in [0.1, 0.15) is 6.10 Å². The average molecular weight is 834 g/mol. The minimum Gasteiger partial charge on any atom is -0.394 e. The molecular formula is C53H71NO7. The van der Waals surface area contributed by atoms with Gasteiger partial charge in [0.15, 0.2) is 12.1 Å². The molecule has 4 bridgehead atoms. The minimum absolute atomic E-state index is 0.00252. The van der Waals surface area contributed by atoms with Crippen molar-refractivity contribution < 1.29 is 35.1 Å². The standard InChI is InChI=1S/C53H71NO7/c1-5-22-54-28-33-11-12-34(29-55)35-23-32-13-19-51-20-14-41-49(4,45(61)30-56)42(58)15-21-52(41,37(32)24-36(33)35)46(51)40(57)25-38-39-26-47(2)16-7-6-10-43(59)53(39,44(60)27-48(38,51)3)50(31-47)17-8-9-18-50/h11-12,23-25,29,32,37,39,41-46,54,56,58-61H,5,7-9,13-22,26-28,30-31H2,1-4H3. The van der Waals surface area contributed by atoms with Gasteiger partial charge in [-0.15, -0.1) is 5.92 Å². The summed E-state index contributed by atoms with van der Waals surface area (Å²) in [6.45, 7) is 9.95. The molecule has 15 atom stereocenters. The summed E-state index contributed by atoms with van der Waals surface area (Å²) in [4.78, 5) is 28.9. The van der Waals surface area contributed by atoms with Crippen molar-refractivity contribution in [1.29, 1.82) is 0 Å². The van der Waals surface area contributed by atoms with E-state index in [0.29, 0.717) is 44.2 Å². The first-order valence-electron chi connectivity index (χ1n) is 24.3. The van der Waals surface area contributed by atoms with E-state index in [9.17, 15) is 30.3 Å². The molecule has 6 fully saturated rings. The number of fused-ring (bicyclic) bond motifs is 6. The third-order valence-corrected chi connectivity index (χ3v) is 20.8. The van der Waals surface area contributed by atoms with Crippen molar-refractivity contribution in [2.75, 3.05) is 13.2 Å². The maximum atomic E-state index is 16.2. The van der Waals surface area contributed by atoms with Gasteiger partial charge in [0.05, 0.1) is 24.9 Å². The first-order valence-corrected chi connectivity index (χ1v) is 24.3. The van der Waals surface area contributed by atoms with Crippen LogP contribution in [0.4, 0.5) is 0 Å². The van der Waals surface area contributed by atoms with Crippen molar-refractivity contribution in [2.24, 2.45) is 67.5 Å². The maximum Gasteiger partial charge on any atom is 0.159 e. The summed E-state index contributed by atoms with van der Waals surface area (Å²) in [5, 5.41) is 66.2. The summed E-state index contributed by atoms with van der Waals surface area (Å²) in [6.07, 6.45) is 16.9. The Bertz CT molecular complexity index is 2210. The lowest BCUT2D eigenvalue weighted by molar-refractivity contribution is -0.266. The van der Waals surface area contributed by atoms with E-state index in [0.717, 1.165) is 105 Å². The first-order chi connectivity index (χ1) is 29.2. The van der Waals surface area contributed by atoms with Crippen molar-refractivity contribution in [3.05, 3.63) is 45.3 Å². The van der Waals surface area contributed by atoms with Crippen LogP contribution in [0.1, 0.15) is 146 Å². The molecule has 1 aromatic rings. The number of aliphatic hydroxyl groups excluding tert-OH is 5. The fourth-order valence-electron chi connectivity index (χ4n) is 18.4. The molecule has 11 rings (SSSR count). The maximum absolute atomic E-state index is 16.2. The molecule has 1 aromatic carbocycles. The number of ketones is 1. The first kappa shape index (κ1) is 42.3. The molecule has 0 saturated heterocycles. The van der Waals surface area contributed by atoms with Crippen LogP contribution in [0.3, 0.4) is 0 Å². The highest BCUT2D eigenvalue weighted by Crippen LogP contribution is 2.82. The second-order valence-electron chi connectivity index (χ2n) is 22.9. The molecule has 8 heteroatoms. The Morgan fingerprint density at radius 2 is 1.70 bits per heavy atom. The molecule has 0 amide bonds. The van der Waals surface area contributed by atoms with Gasteiger partial charge >= 0.3 is 0 Å². The smallest absolute Gasteiger partial charge is 0.159 e. The van der Waals surface area contributed by atoms with Crippen LogP contribution >= 0.6 is 0 Å². The molecule has 6 saturated carbocycles. The number of rotatable bonds is 7. The van der Waals surface area contributed by atoms with Gasteiger partial charge < -0.3 is 30.8 Å². The summed E-state index contributed by atoms with van der Waals surface area (Å²) >= 11 is 0. The molecule has 61 heavy (non-hydrogen) atoms. The van der Waals surface area contributed by atoms with Crippen molar-refractivity contribution >= 4 is 24.2 Å². The number of benzene rings is 1. The number of nitrogens with one attached hydrogen (secondary N) is 1. The van der Waals surface area contributed by atoms with E-state index in [-0.39, 0.29) is 40.3 Å². The molecule has 8 nitrogen and oxygen atoms in total. The van der Waals surface area contributed by atoms with Gasteiger partial charge in [-0.05, 0) is 163 Å². The van der Waals surface area contributed by atoms with Crippen LogP contribution in [0.2, 0.25) is 0 Å². The summed E-state index contributed by atoms with van der Waals surface area (Å²) in [5.74, 6) is 5.79. The molecule has 10 aliphatic rings. The summed E-state index contributed by atoms with van der Waals surface area (Å²) in [7, 11) is 0. The van der Waals surface area contributed by atoms with Gasteiger partial charge in [-0.1, -0.05) is 76.3 Å². The predicted octanol–water partition coefficient (Wildman–Crippen LogP) is 5.51. The van der Waals surface area contributed by atoms with Gasteiger partial charge in [0.2, 0.25) is 0 Å². The van der Waals surface area contributed by atoms with Gasteiger partial charge in [0.25, 0.3) is 0 Å². The highest BCUT2D eigenvalue weighted by Gasteiger charge is 2.79. The summed E-state index contributed by atoms with van der Waals surface area (Å²) in [5.41, 5.74) is -1.10. The molecule has 10 aliphatic carbocycles. The fourth-order valence-corrected chi connectivity index (χ4v) is 18.4. The van der Waals surface area contributed by atoms with Crippen LogP contribution in [0.15, 0.2) is 23.8 Å². The van der Waals surface area contributed by atoms with E-state index < -0.39 is 64.0 Å². The lowest BCUT2D eigenvalue weighted by Gasteiger charge is -2.75. The van der Waals surface area contributed by atoms with E-state index >= 15 is 4.79 Å². The second kappa shape index (κ2) is 14.4. The van der Waals surface area contributed by atoms with E-state index in [4.69, 9.17) is 0 Å². The fraction of sp³-hybridized carbons (Fsp3) is 0.736. The van der Waals surface area contributed by atoms with Crippen LogP contribution in [0.5, 0.6) is 0 Å². The van der Waals surface area contributed by atoms with Crippen LogP contribution in [-0.2, 0) is 11.3 Å². The third-order valence-electron chi connectivity index (χ3n) is 20.8. The van der Waals surface area contributed by atoms with E-state index in [1.54, 1.807) is 0 Å². The molecular weight excluding hydrogens is 763 g/mol. The Morgan fingerprint density at radius 3 is 2.44 bits per heavy atom. The summed E-state index contributed by atoms with van der Waals surface area (Å²) in [6, 6.07) is 4.01. The molecule has 0 aliphatic heterocycles. The van der Waals surface area contributed by atoms with Crippen molar-refractivity contribution in [3.63, 3.8) is 0 Å². The number of allylic oxidation sites excluding steroid dienone is 2. The molecule has 0 aromatic heterocycles. The zero-order valence-electron chi connectivity index (χ0n) is 37.1. The number of aliphatic hydroxyl groups is 5. The quantitative estimate of drug-likeness (QED) is 0.120. The van der Waals surface area contributed by atoms with E-state index in [1.165, 1.54) is 0 Å². The monoisotopic (exact) mass is 834 g/mol. The summed E-state index contributed by atoms with van der Waals surface area (Å²) < 4.78 is 0. The van der Waals surface area contributed by atoms with Crippen LogP contribution < -0.4 is 15.8 Å². The topological polar surface area (TPSA) is 147 Å². The number of hydrogen-bond acceptors (Lipinski definition) is 8. The highest BCUT2D eigenvalue weighted by atomic mass is 16.3. The molecule has 6 N–H and O–H groups in total. The number of carbonyl (C=O) groups excluding carboxylic acids is 2. The highest BCUT2D eigenvalue weighted by molar-refractivity contribution is 5.96. The Kier molecular flexibility index (Phi) is 10.0. The number of carbonyl (C=O) groups is 2. The molecule has 0 heterocycles. The minimum atomic E-state index is -1.17. The van der Waals surface area contributed by atoms with Gasteiger partial charge in [-0.3, -0.25) is 9.59 Å².